The van der Waals surface area contributed by atoms with E-state index in [1.807, 2.05) is 48.7 Å². The molecule has 6 nitrogen and oxygen atoms in total. The summed E-state index contributed by atoms with van der Waals surface area (Å²) in [5, 5.41) is 11.2. The lowest BCUT2D eigenvalue weighted by Crippen LogP contribution is -2.36. The Kier molecular flexibility index (Phi) is 5.42. The standard InChI is InChI=1S/C21H17ClN4O2S/c1-13-5-4-6-14(11-13)26-19(27)10-9-17(25-26)20(28)24-21-23-18(12-29-21)15-7-2-3-8-16(15)22/h2-8,11-12H,9-10H2,1H3,(H,23,24,28). The molecule has 0 radical (unpaired) electrons. The van der Waals surface area contributed by atoms with Crippen molar-refractivity contribution in [1.82, 2.24) is 4.98 Å². The van der Waals surface area contributed by atoms with E-state index in [0.717, 1.165) is 11.1 Å². The Bertz CT molecular complexity index is 1130. The molecular weight excluding hydrogens is 408 g/mol. The lowest BCUT2D eigenvalue weighted by atomic mass is 10.1. The number of halogens is 1. The van der Waals surface area contributed by atoms with Gasteiger partial charge in [-0.1, -0.05) is 41.9 Å². The van der Waals surface area contributed by atoms with Crippen molar-refractivity contribution in [2.45, 2.75) is 19.8 Å². The van der Waals surface area contributed by atoms with Crippen LogP contribution in [0.4, 0.5) is 10.8 Å². The van der Waals surface area contributed by atoms with E-state index in [9.17, 15) is 9.59 Å². The Morgan fingerprint density at radius 1 is 1.17 bits per heavy atom. The van der Waals surface area contributed by atoms with Crippen LogP contribution in [0.2, 0.25) is 5.02 Å². The van der Waals surface area contributed by atoms with Crippen molar-refractivity contribution in [2.75, 3.05) is 10.3 Å². The molecule has 2 heterocycles. The first-order valence-corrected chi connectivity index (χ1v) is 10.3. The van der Waals surface area contributed by atoms with Crippen LogP contribution in [0, 0.1) is 6.92 Å². The summed E-state index contributed by atoms with van der Waals surface area (Å²) in [5.41, 5.74) is 3.45. The van der Waals surface area contributed by atoms with E-state index in [0.29, 0.717) is 27.2 Å². The van der Waals surface area contributed by atoms with Gasteiger partial charge in [-0.25, -0.2) is 9.99 Å². The maximum Gasteiger partial charge on any atom is 0.273 e. The number of aromatic nitrogens is 1. The van der Waals surface area contributed by atoms with Crippen LogP contribution in [0.3, 0.4) is 0 Å². The molecule has 29 heavy (non-hydrogen) atoms. The van der Waals surface area contributed by atoms with Gasteiger partial charge in [0.25, 0.3) is 5.91 Å². The quantitative estimate of drug-likeness (QED) is 0.647. The SMILES string of the molecule is Cc1cccc(N2N=C(C(=O)Nc3nc(-c4ccccc4Cl)cs3)CCC2=O)c1. The Balaban J connectivity index is 1.53. The highest BCUT2D eigenvalue weighted by Crippen LogP contribution is 2.30. The average molecular weight is 425 g/mol. The van der Waals surface area contributed by atoms with Crippen molar-refractivity contribution in [3.63, 3.8) is 0 Å². The third-order valence-corrected chi connectivity index (χ3v) is 5.50. The molecule has 1 N–H and O–H groups in total. The first-order valence-electron chi connectivity index (χ1n) is 9.00. The topological polar surface area (TPSA) is 74.7 Å². The second kappa shape index (κ2) is 8.14. The molecule has 0 saturated carbocycles. The zero-order valence-electron chi connectivity index (χ0n) is 15.6. The van der Waals surface area contributed by atoms with Gasteiger partial charge in [-0.05, 0) is 30.7 Å². The molecule has 0 spiro atoms. The van der Waals surface area contributed by atoms with Crippen LogP contribution in [0.15, 0.2) is 59.0 Å². The largest absolute Gasteiger partial charge is 0.297 e. The zero-order valence-corrected chi connectivity index (χ0v) is 17.1. The number of nitrogens with one attached hydrogen (secondary N) is 1. The second-order valence-electron chi connectivity index (χ2n) is 6.56. The number of hydrogen-bond donors (Lipinski definition) is 1. The number of aryl methyl sites for hydroxylation is 1. The molecular formula is C21H17ClN4O2S. The summed E-state index contributed by atoms with van der Waals surface area (Å²) in [7, 11) is 0. The Morgan fingerprint density at radius 3 is 2.79 bits per heavy atom. The number of carbonyl (C=O) groups is 2. The number of thiazole rings is 1. The number of nitrogens with zero attached hydrogens (tertiary/aromatic N) is 3. The van der Waals surface area contributed by atoms with E-state index in [1.165, 1.54) is 16.3 Å². The van der Waals surface area contributed by atoms with Gasteiger partial charge in [0.05, 0.1) is 11.4 Å². The molecule has 0 bridgehead atoms. The lowest BCUT2D eigenvalue weighted by molar-refractivity contribution is -0.118. The van der Waals surface area contributed by atoms with Crippen molar-refractivity contribution in [2.24, 2.45) is 5.10 Å². The number of benzene rings is 2. The maximum atomic E-state index is 12.7. The Labute approximate surface area is 176 Å². The summed E-state index contributed by atoms with van der Waals surface area (Å²) in [6.07, 6.45) is 0.513. The minimum Gasteiger partial charge on any atom is -0.297 e. The first-order chi connectivity index (χ1) is 14.0. The van der Waals surface area contributed by atoms with Crippen LogP contribution in [0.25, 0.3) is 11.3 Å². The van der Waals surface area contributed by atoms with Crippen molar-refractivity contribution in [1.29, 1.82) is 0 Å². The molecule has 2 aromatic carbocycles. The molecule has 3 aromatic rings. The van der Waals surface area contributed by atoms with Crippen LogP contribution in [-0.4, -0.2) is 22.5 Å². The molecule has 0 fully saturated rings. The van der Waals surface area contributed by atoms with E-state index >= 15 is 0 Å². The smallest absolute Gasteiger partial charge is 0.273 e. The summed E-state index contributed by atoms with van der Waals surface area (Å²) < 4.78 is 0. The minimum atomic E-state index is -0.366. The van der Waals surface area contributed by atoms with E-state index in [-0.39, 0.29) is 24.7 Å². The Morgan fingerprint density at radius 2 is 2.00 bits per heavy atom. The van der Waals surface area contributed by atoms with Crippen molar-refractivity contribution < 1.29 is 9.59 Å². The van der Waals surface area contributed by atoms with Crippen molar-refractivity contribution in [3.8, 4) is 11.3 Å². The van der Waals surface area contributed by atoms with Gasteiger partial charge in [-0.15, -0.1) is 11.3 Å². The molecule has 1 aliphatic heterocycles. The summed E-state index contributed by atoms with van der Waals surface area (Å²) in [5.74, 6) is -0.502. The summed E-state index contributed by atoms with van der Waals surface area (Å²) in [4.78, 5) is 29.4. The van der Waals surface area contributed by atoms with Gasteiger partial charge >= 0.3 is 0 Å². The van der Waals surface area contributed by atoms with Gasteiger partial charge in [0.1, 0.15) is 5.71 Å². The van der Waals surface area contributed by atoms with E-state index in [1.54, 1.807) is 12.1 Å². The molecule has 0 atom stereocenters. The predicted octanol–water partition coefficient (Wildman–Crippen LogP) is 4.89. The van der Waals surface area contributed by atoms with Gasteiger partial charge in [0.2, 0.25) is 5.91 Å². The normalized spacial score (nSPS) is 13.9. The predicted molar refractivity (Wildman–Crippen MR) is 117 cm³/mol. The highest BCUT2D eigenvalue weighted by atomic mass is 35.5. The fourth-order valence-corrected chi connectivity index (χ4v) is 3.91. The van der Waals surface area contributed by atoms with Gasteiger partial charge in [-0.2, -0.15) is 5.10 Å². The summed E-state index contributed by atoms with van der Waals surface area (Å²) >= 11 is 7.52. The number of rotatable bonds is 4. The molecule has 0 saturated heterocycles. The van der Waals surface area contributed by atoms with Gasteiger partial charge in [-0.3, -0.25) is 14.9 Å². The zero-order chi connectivity index (χ0) is 20.4. The average Bonchev–Trinajstić information content (AvgIpc) is 3.16. The third kappa shape index (κ3) is 4.21. The molecule has 0 aliphatic carbocycles. The molecule has 2 amide bonds. The van der Waals surface area contributed by atoms with Crippen LogP contribution < -0.4 is 10.3 Å². The molecule has 4 rings (SSSR count). The number of hydrazone groups is 1. The van der Waals surface area contributed by atoms with Crippen LogP contribution in [-0.2, 0) is 9.59 Å². The third-order valence-electron chi connectivity index (χ3n) is 4.42. The number of amides is 2. The van der Waals surface area contributed by atoms with E-state index in [2.05, 4.69) is 15.4 Å². The van der Waals surface area contributed by atoms with Gasteiger partial charge in [0.15, 0.2) is 5.13 Å². The summed E-state index contributed by atoms with van der Waals surface area (Å²) in [6, 6.07) is 14.9. The number of hydrogen-bond acceptors (Lipinski definition) is 5. The highest BCUT2D eigenvalue weighted by molar-refractivity contribution is 7.14. The van der Waals surface area contributed by atoms with Crippen LogP contribution >= 0.6 is 22.9 Å². The fourth-order valence-electron chi connectivity index (χ4n) is 2.97. The number of anilines is 2. The van der Waals surface area contributed by atoms with Crippen LogP contribution in [0.5, 0.6) is 0 Å². The summed E-state index contributed by atoms with van der Waals surface area (Å²) in [6.45, 7) is 1.94. The maximum absolute atomic E-state index is 12.7. The highest BCUT2D eigenvalue weighted by Gasteiger charge is 2.26. The molecule has 8 heteroatoms. The minimum absolute atomic E-state index is 0.137. The molecule has 0 unspecified atom stereocenters. The molecule has 1 aromatic heterocycles. The van der Waals surface area contributed by atoms with Gasteiger partial charge < -0.3 is 0 Å². The van der Waals surface area contributed by atoms with Gasteiger partial charge in [0, 0.05) is 28.8 Å². The monoisotopic (exact) mass is 424 g/mol. The second-order valence-corrected chi connectivity index (χ2v) is 7.83. The van der Waals surface area contributed by atoms with E-state index < -0.39 is 0 Å². The molecule has 1 aliphatic rings. The van der Waals surface area contributed by atoms with E-state index in [4.69, 9.17) is 11.6 Å². The van der Waals surface area contributed by atoms with Crippen molar-refractivity contribution in [3.05, 3.63) is 64.5 Å². The fraction of sp³-hybridized carbons (Fsp3) is 0.143. The number of carbonyl (C=O) groups excluding carboxylic acids is 2. The molecule has 146 valence electrons. The first kappa shape index (κ1) is 19.3. The Hall–Kier alpha value is -3.03. The lowest BCUT2D eigenvalue weighted by Gasteiger charge is -2.23. The van der Waals surface area contributed by atoms with Crippen molar-refractivity contribution >= 4 is 51.3 Å². The van der Waals surface area contributed by atoms with Crippen LogP contribution in [0.1, 0.15) is 18.4 Å².